The zero-order valence-corrected chi connectivity index (χ0v) is 13.1. The minimum atomic E-state index is -3.68. The second-order valence-electron chi connectivity index (χ2n) is 5.45. The summed E-state index contributed by atoms with van der Waals surface area (Å²) < 4.78 is 33.4. The van der Waals surface area contributed by atoms with E-state index in [1.54, 1.807) is 7.05 Å². The summed E-state index contributed by atoms with van der Waals surface area (Å²) in [7, 11) is -1.91. The number of aromatic nitrogens is 2. The van der Waals surface area contributed by atoms with E-state index >= 15 is 0 Å². The number of hydrogen-bond donors (Lipinski definition) is 3. The van der Waals surface area contributed by atoms with E-state index in [1.165, 1.54) is 0 Å². The molecule has 1 fully saturated rings. The van der Waals surface area contributed by atoms with Crippen LogP contribution in [0.1, 0.15) is 31.5 Å². The normalized spacial score (nSPS) is 27.1. The maximum Gasteiger partial charge on any atom is 0.260 e. The fourth-order valence-electron chi connectivity index (χ4n) is 2.36. The van der Waals surface area contributed by atoms with Crippen molar-refractivity contribution in [3.05, 3.63) is 11.3 Å². The monoisotopic (exact) mass is 302 g/mol. The Morgan fingerprint density at radius 1 is 1.55 bits per heavy atom. The molecule has 3 N–H and O–H groups in total. The van der Waals surface area contributed by atoms with Gasteiger partial charge in [0, 0.05) is 24.4 Å². The van der Waals surface area contributed by atoms with E-state index in [-0.39, 0.29) is 11.1 Å². The lowest BCUT2D eigenvalue weighted by atomic mass is 9.97. The molecule has 0 radical (unpaired) electrons. The predicted molar refractivity (Wildman–Crippen MR) is 74.8 cm³/mol. The Morgan fingerprint density at radius 3 is 2.80 bits per heavy atom. The Morgan fingerprint density at radius 2 is 2.25 bits per heavy atom. The number of aryl methyl sites for hydroxylation is 1. The molecule has 2 atom stereocenters. The van der Waals surface area contributed by atoms with Crippen LogP contribution >= 0.6 is 0 Å². The molecule has 1 aliphatic heterocycles. The molecule has 7 nitrogen and oxygen atoms in total. The topological polar surface area (TPSA) is 96.1 Å². The third-order valence-electron chi connectivity index (χ3n) is 3.90. The summed E-state index contributed by atoms with van der Waals surface area (Å²) in [6.45, 7) is 6.55. The second-order valence-corrected chi connectivity index (χ2v) is 7.05. The van der Waals surface area contributed by atoms with Gasteiger partial charge in [-0.05, 0) is 34.2 Å². The first-order valence-corrected chi connectivity index (χ1v) is 8.12. The molecule has 114 valence electrons. The molecule has 0 bridgehead atoms. The summed E-state index contributed by atoms with van der Waals surface area (Å²) in [6, 6.07) is 0. The highest BCUT2D eigenvalue weighted by Crippen LogP contribution is 2.28. The Balaban J connectivity index is 2.31. The van der Waals surface area contributed by atoms with E-state index < -0.39 is 15.6 Å². The van der Waals surface area contributed by atoms with E-state index in [4.69, 9.17) is 4.74 Å². The second kappa shape index (κ2) is 5.44. The van der Waals surface area contributed by atoms with Crippen LogP contribution in [0.4, 0.5) is 0 Å². The molecule has 0 saturated carbocycles. The highest BCUT2D eigenvalue weighted by Gasteiger charge is 2.41. The largest absolute Gasteiger partial charge is 0.376 e. The van der Waals surface area contributed by atoms with Crippen molar-refractivity contribution in [2.75, 3.05) is 13.7 Å². The third kappa shape index (κ3) is 2.73. The smallest absolute Gasteiger partial charge is 0.260 e. The lowest BCUT2D eigenvalue weighted by Gasteiger charge is -2.28. The van der Waals surface area contributed by atoms with Crippen LogP contribution in [0.25, 0.3) is 0 Å². The number of nitrogens with one attached hydrogen (secondary N) is 3. The van der Waals surface area contributed by atoms with Crippen molar-refractivity contribution >= 4 is 10.0 Å². The molecule has 1 saturated heterocycles. The highest BCUT2D eigenvalue weighted by molar-refractivity contribution is 7.89. The number of nitrogens with zero attached hydrogens (tertiary/aromatic N) is 1. The first kappa shape index (κ1) is 15.4. The van der Waals surface area contributed by atoms with Crippen LogP contribution < -0.4 is 10.0 Å². The molecule has 0 aromatic carbocycles. The molecule has 1 aliphatic rings. The van der Waals surface area contributed by atoms with Crippen LogP contribution in [-0.2, 0) is 21.3 Å². The Hall–Kier alpha value is -0.960. The van der Waals surface area contributed by atoms with E-state index in [0.717, 1.165) is 5.69 Å². The third-order valence-corrected chi connectivity index (χ3v) is 5.48. The lowest BCUT2D eigenvalue weighted by molar-refractivity contribution is 0.0957. The molecule has 2 rings (SSSR count). The van der Waals surface area contributed by atoms with Crippen molar-refractivity contribution in [3.8, 4) is 0 Å². The van der Waals surface area contributed by atoms with Crippen LogP contribution in [0.15, 0.2) is 5.03 Å². The average Bonchev–Trinajstić information content (AvgIpc) is 2.85. The zero-order valence-electron chi connectivity index (χ0n) is 12.3. The van der Waals surface area contributed by atoms with Gasteiger partial charge in [-0.25, -0.2) is 13.1 Å². The highest BCUT2D eigenvalue weighted by atomic mass is 32.2. The van der Waals surface area contributed by atoms with Crippen molar-refractivity contribution in [3.63, 3.8) is 0 Å². The molecule has 1 aromatic heterocycles. The van der Waals surface area contributed by atoms with Gasteiger partial charge in [0.15, 0.2) is 5.03 Å². The van der Waals surface area contributed by atoms with Crippen LogP contribution in [0.5, 0.6) is 0 Å². The predicted octanol–water partition coefficient (Wildman–Crippen LogP) is 0.283. The van der Waals surface area contributed by atoms with E-state index in [0.29, 0.717) is 25.1 Å². The molecule has 2 heterocycles. The maximum atomic E-state index is 12.6. The number of sulfonamides is 1. The SMILES string of the molecule is CNCc1c(S(=O)(=O)NC2(C)CCOC2C)n[nH]c1C. The number of rotatable bonds is 5. The minimum Gasteiger partial charge on any atom is -0.376 e. The summed E-state index contributed by atoms with van der Waals surface area (Å²) in [6.07, 6.45) is 0.489. The van der Waals surface area contributed by atoms with Gasteiger partial charge in [-0.15, -0.1) is 0 Å². The average molecular weight is 302 g/mol. The number of hydrogen-bond acceptors (Lipinski definition) is 5. The van der Waals surface area contributed by atoms with Gasteiger partial charge < -0.3 is 10.1 Å². The summed E-state index contributed by atoms with van der Waals surface area (Å²) in [4.78, 5) is 0. The first-order valence-electron chi connectivity index (χ1n) is 6.64. The molecular formula is C12H22N4O3S. The van der Waals surface area contributed by atoms with Gasteiger partial charge in [0.05, 0.1) is 11.6 Å². The molecule has 0 amide bonds. The van der Waals surface area contributed by atoms with E-state index in [1.807, 2.05) is 20.8 Å². The maximum absolute atomic E-state index is 12.6. The van der Waals surface area contributed by atoms with Gasteiger partial charge >= 0.3 is 0 Å². The van der Waals surface area contributed by atoms with Crippen molar-refractivity contribution in [2.45, 2.75) is 50.4 Å². The lowest BCUT2D eigenvalue weighted by Crippen LogP contribution is -2.50. The van der Waals surface area contributed by atoms with Gasteiger partial charge in [-0.2, -0.15) is 5.10 Å². The van der Waals surface area contributed by atoms with Crippen LogP contribution in [0.2, 0.25) is 0 Å². The number of H-pyrrole nitrogens is 1. The van der Waals surface area contributed by atoms with Gasteiger partial charge in [0.25, 0.3) is 10.0 Å². The minimum absolute atomic E-state index is 0.0599. The van der Waals surface area contributed by atoms with E-state index in [9.17, 15) is 8.42 Å². The molecule has 8 heteroatoms. The fourth-order valence-corrected chi connectivity index (χ4v) is 4.06. The Kier molecular flexibility index (Phi) is 4.19. The van der Waals surface area contributed by atoms with Crippen molar-refractivity contribution in [2.24, 2.45) is 0 Å². The van der Waals surface area contributed by atoms with Gasteiger partial charge in [0.2, 0.25) is 0 Å². The van der Waals surface area contributed by atoms with Crippen molar-refractivity contribution in [1.82, 2.24) is 20.2 Å². The Bertz CT molecular complexity index is 584. The fraction of sp³-hybridized carbons (Fsp3) is 0.750. The van der Waals surface area contributed by atoms with E-state index in [2.05, 4.69) is 20.2 Å². The van der Waals surface area contributed by atoms with Gasteiger partial charge in [-0.1, -0.05) is 0 Å². The van der Waals surface area contributed by atoms with Crippen LogP contribution in [-0.4, -0.2) is 43.9 Å². The van der Waals surface area contributed by atoms with Crippen molar-refractivity contribution in [1.29, 1.82) is 0 Å². The molecule has 0 spiro atoms. The van der Waals surface area contributed by atoms with Gasteiger partial charge in [-0.3, -0.25) is 5.10 Å². The number of aromatic amines is 1. The molecular weight excluding hydrogens is 280 g/mol. The summed E-state index contributed by atoms with van der Waals surface area (Å²) in [5.74, 6) is 0. The first-order chi connectivity index (χ1) is 9.30. The van der Waals surface area contributed by atoms with Crippen LogP contribution in [0, 0.1) is 6.92 Å². The standard InChI is InChI=1S/C12H22N4O3S/c1-8-10(7-13-4)11(15-14-8)20(17,18)16-12(3)5-6-19-9(12)2/h9,13,16H,5-7H2,1-4H3,(H,14,15). The summed E-state index contributed by atoms with van der Waals surface area (Å²) >= 11 is 0. The van der Waals surface area contributed by atoms with Crippen molar-refractivity contribution < 1.29 is 13.2 Å². The number of ether oxygens (including phenoxy) is 1. The Labute approximate surface area is 119 Å². The van der Waals surface area contributed by atoms with Gasteiger partial charge in [0.1, 0.15) is 0 Å². The molecule has 2 unspecified atom stereocenters. The molecule has 1 aromatic rings. The molecule has 20 heavy (non-hydrogen) atoms. The summed E-state index contributed by atoms with van der Waals surface area (Å²) in [5.41, 5.74) is 0.818. The quantitative estimate of drug-likeness (QED) is 0.726. The van der Waals surface area contributed by atoms with Crippen LogP contribution in [0.3, 0.4) is 0 Å². The molecule has 0 aliphatic carbocycles. The zero-order chi connectivity index (χ0) is 15.0. The summed E-state index contributed by atoms with van der Waals surface area (Å²) in [5, 5.41) is 9.70.